The molecule has 0 spiro atoms. The molecule has 3 amide bonds. The first-order chi connectivity index (χ1) is 17.4. The van der Waals surface area contributed by atoms with E-state index in [1.165, 1.54) is 16.9 Å². The minimum absolute atomic E-state index is 0.0222. The van der Waals surface area contributed by atoms with Crippen LogP contribution in [-0.2, 0) is 30.8 Å². The highest BCUT2D eigenvalue weighted by Gasteiger charge is 2.42. The van der Waals surface area contributed by atoms with Gasteiger partial charge in [-0.05, 0) is 51.2 Å². The third-order valence-corrected chi connectivity index (χ3v) is 7.21. The third kappa shape index (κ3) is 6.41. The number of anilines is 2. The van der Waals surface area contributed by atoms with E-state index >= 15 is 0 Å². The Morgan fingerprint density at radius 2 is 1.81 bits per heavy atom. The first-order valence-electron chi connectivity index (χ1n) is 11.6. The van der Waals surface area contributed by atoms with Crippen molar-refractivity contribution in [2.45, 2.75) is 38.5 Å². The fourth-order valence-corrected chi connectivity index (χ4v) is 4.99. The van der Waals surface area contributed by atoms with E-state index < -0.39 is 51.4 Å². The van der Waals surface area contributed by atoms with Crippen molar-refractivity contribution in [3.63, 3.8) is 0 Å². The summed E-state index contributed by atoms with van der Waals surface area (Å²) in [5.41, 5.74) is 1.33. The Morgan fingerprint density at radius 3 is 2.41 bits per heavy atom. The van der Waals surface area contributed by atoms with Crippen molar-refractivity contribution in [1.82, 2.24) is 10.6 Å². The van der Waals surface area contributed by atoms with Gasteiger partial charge in [0.25, 0.3) is 5.91 Å². The highest BCUT2D eigenvalue weighted by Crippen LogP contribution is 2.37. The molecule has 0 aromatic heterocycles. The molecule has 0 fully saturated rings. The smallest absolute Gasteiger partial charge is 0.252 e. The van der Waals surface area contributed by atoms with Gasteiger partial charge in [-0.3, -0.25) is 14.4 Å². The summed E-state index contributed by atoms with van der Waals surface area (Å²) in [6.07, 6.45) is 0.968. The number of rotatable bonds is 8. The number of hydrogen-bond acceptors (Lipinski definition) is 7. The number of carbonyl (C=O) groups excluding carboxylic acids is 3. The summed E-state index contributed by atoms with van der Waals surface area (Å²) in [4.78, 5) is 43.0. The number of hydrogen-bond donors (Lipinski definition) is 2. The fraction of sp³-hybridized carbons (Fsp3) is 0.400. The van der Waals surface area contributed by atoms with E-state index in [0.29, 0.717) is 27.7 Å². The van der Waals surface area contributed by atoms with E-state index in [2.05, 4.69) is 10.6 Å². The van der Waals surface area contributed by atoms with Gasteiger partial charge in [0, 0.05) is 16.8 Å². The molecule has 12 heteroatoms. The molecule has 0 saturated heterocycles. The van der Waals surface area contributed by atoms with Crippen LogP contribution in [0.4, 0.5) is 11.4 Å². The molecule has 0 saturated carbocycles. The summed E-state index contributed by atoms with van der Waals surface area (Å²) in [7, 11) is -0.566. The van der Waals surface area contributed by atoms with Crippen molar-refractivity contribution in [2.75, 3.05) is 36.0 Å². The van der Waals surface area contributed by atoms with E-state index in [0.717, 1.165) is 6.26 Å². The Bertz CT molecular complexity index is 1300. The van der Waals surface area contributed by atoms with Crippen molar-refractivity contribution < 1.29 is 27.5 Å². The van der Waals surface area contributed by atoms with Crippen LogP contribution in [-0.4, -0.2) is 70.4 Å². The first-order valence-corrected chi connectivity index (χ1v) is 14.0. The van der Waals surface area contributed by atoms with Gasteiger partial charge >= 0.3 is 0 Å². The maximum absolute atomic E-state index is 14.1. The van der Waals surface area contributed by atoms with Crippen LogP contribution in [0.1, 0.15) is 19.4 Å². The number of carbonyl (C=O) groups is 3. The molecular weight excluding hydrogens is 520 g/mol. The molecule has 2 aromatic rings. The molecule has 0 unspecified atom stereocenters. The third-order valence-electron chi connectivity index (χ3n) is 6.20. The van der Waals surface area contributed by atoms with E-state index in [4.69, 9.17) is 16.3 Å². The van der Waals surface area contributed by atoms with Crippen LogP contribution < -0.4 is 25.2 Å². The molecular formula is C25H31ClN4O6S. The molecule has 0 radical (unpaired) electrons. The van der Waals surface area contributed by atoms with Crippen LogP contribution in [0.2, 0.25) is 5.02 Å². The zero-order chi connectivity index (χ0) is 27.5. The van der Waals surface area contributed by atoms with Crippen LogP contribution in [0, 0.1) is 0 Å². The van der Waals surface area contributed by atoms with Gasteiger partial charge < -0.3 is 25.2 Å². The summed E-state index contributed by atoms with van der Waals surface area (Å²) >= 11 is 6.23. The number of para-hydroxylation sites is 2. The van der Waals surface area contributed by atoms with Gasteiger partial charge in [0.05, 0.1) is 37.1 Å². The zero-order valence-corrected chi connectivity index (χ0v) is 22.9. The van der Waals surface area contributed by atoms with Gasteiger partial charge in [0.2, 0.25) is 11.8 Å². The summed E-state index contributed by atoms with van der Waals surface area (Å²) in [5, 5.41) is 6.02. The van der Waals surface area contributed by atoms with Gasteiger partial charge in [-0.1, -0.05) is 23.7 Å². The molecule has 2 aromatic carbocycles. The maximum Gasteiger partial charge on any atom is 0.252 e. The molecule has 2 N–H and O–H groups in total. The predicted molar refractivity (Wildman–Crippen MR) is 143 cm³/mol. The SMILES string of the molecule is CN[C@@H](C)C(=O)N[C@@H]1C(=O)N(Cc2cc(Cl)ccc2OC)c2ccccc2N(C(=O)CS(C)(=O)=O)[C@H]1C. The fourth-order valence-electron chi connectivity index (χ4n) is 4.21. The second-order valence-corrected chi connectivity index (χ2v) is 11.5. The molecule has 1 aliphatic heterocycles. The van der Waals surface area contributed by atoms with Gasteiger partial charge in [-0.2, -0.15) is 0 Å². The summed E-state index contributed by atoms with van der Waals surface area (Å²) in [6.45, 7) is 3.26. The van der Waals surface area contributed by atoms with E-state index in [1.807, 2.05) is 0 Å². The Morgan fingerprint density at radius 1 is 1.16 bits per heavy atom. The van der Waals surface area contributed by atoms with Crippen molar-refractivity contribution in [1.29, 1.82) is 0 Å². The van der Waals surface area contributed by atoms with E-state index in [1.54, 1.807) is 63.4 Å². The second kappa shape index (κ2) is 11.5. The summed E-state index contributed by atoms with van der Waals surface area (Å²) < 4.78 is 29.5. The van der Waals surface area contributed by atoms with Crippen LogP contribution in [0.15, 0.2) is 42.5 Å². The Kier molecular flexibility index (Phi) is 8.83. The van der Waals surface area contributed by atoms with Crippen molar-refractivity contribution in [3.8, 4) is 5.75 Å². The Balaban J connectivity index is 2.19. The van der Waals surface area contributed by atoms with Crippen LogP contribution >= 0.6 is 11.6 Å². The standard InChI is InChI=1S/C25H31ClN4O6S/c1-15(27-3)24(32)28-23-16(2)30(22(31)14-37(5,34)35)20-9-7-6-8-19(20)29(25(23)33)13-17-12-18(26)10-11-21(17)36-4/h6-12,15-16,23,27H,13-14H2,1-5H3,(H,28,32)/t15-,16-,23-/m0/s1. The average molecular weight is 551 g/mol. The molecule has 1 aliphatic rings. The summed E-state index contributed by atoms with van der Waals surface area (Å²) in [6, 6.07) is 9.03. The van der Waals surface area contributed by atoms with Gasteiger partial charge in [0.15, 0.2) is 9.84 Å². The molecule has 0 bridgehead atoms. The number of likely N-dealkylation sites (N-methyl/N-ethyl adjacent to an activating group) is 1. The van der Waals surface area contributed by atoms with E-state index in [-0.39, 0.29) is 6.54 Å². The van der Waals surface area contributed by atoms with Gasteiger partial charge in [0.1, 0.15) is 17.5 Å². The highest BCUT2D eigenvalue weighted by molar-refractivity contribution is 7.91. The van der Waals surface area contributed by atoms with Crippen LogP contribution in [0.3, 0.4) is 0 Å². The second-order valence-electron chi connectivity index (χ2n) is 8.94. The number of ether oxygens (including phenoxy) is 1. The number of halogens is 1. The Hall–Kier alpha value is -3.15. The predicted octanol–water partition coefficient (Wildman–Crippen LogP) is 1.75. The Labute approximate surface area is 221 Å². The number of fused-ring (bicyclic) bond motifs is 1. The minimum atomic E-state index is -3.68. The van der Waals surface area contributed by atoms with Gasteiger partial charge in [-0.25, -0.2) is 8.42 Å². The normalized spacial score (nSPS) is 18.6. The lowest BCUT2D eigenvalue weighted by Gasteiger charge is -2.32. The molecule has 3 atom stereocenters. The van der Waals surface area contributed by atoms with Crippen molar-refractivity contribution >= 4 is 50.5 Å². The maximum atomic E-state index is 14.1. The number of sulfone groups is 1. The molecule has 37 heavy (non-hydrogen) atoms. The summed E-state index contributed by atoms with van der Waals surface area (Å²) in [5.74, 6) is -1.89. The van der Waals surface area contributed by atoms with Crippen molar-refractivity contribution in [3.05, 3.63) is 53.1 Å². The van der Waals surface area contributed by atoms with Crippen molar-refractivity contribution in [2.24, 2.45) is 0 Å². The van der Waals surface area contributed by atoms with Crippen LogP contribution in [0.25, 0.3) is 0 Å². The lowest BCUT2D eigenvalue weighted by molar-refractivity contribution is -0.129. The highest BCUT2D eigenvalue weighted by atomic mass is 35.5. The molecule has 0 aliphatic carbocycles. The molecule has 1 heterocycles. The molecule has 200 valence electrons. The van der Waals surface area contributed by atoms with Crippen LogP contribution in [0.5, 0.6) is 5.75 Å². The quantitative estimate of drug-likeness (QED) is 0.513. The minimum Gasteiger partial charge on any atom is -0.496 e. The zero-order valence-electron chi connectivity index (χ0n) is 21.3. The number of nitrogens with one attached hydrogen (secondary N) is 2. The number of amides is 3. The topological polar surface area (TPSA) is 125 Å². The lowest BCUT2D eigenvalue weighted by Crippen LogP contribution is -2.60. The number of benzene rings is 2. The monoisotopic (exact) mass is 550 g/mol. The largest absolute Gasteiger partial charge is 0.496 e. The first kappa shape index (κ1) is 28.4. The molecule has 10 nitrogen and oxygen atoms in total. The number of methoxy groups -OCH3 is 1. The number of nitrogens with zero attached hydrogens (tertiary/aromatic N) is 2. The lowest BCUT2D eigenvalue weighted by atomic mass is 10.1. The van der Waals surface area contributed by atoms with Gasteiger partial charge in [-0.15, -0.1) is 0 Å². The molecule has 3 rings (SSSR count). The average Bonchev–Trinajstić information content (AvgIpc) is 2.91. The van der Waals surface area contributed by atoms with E-state index in [9.17, 15) is 22.8 Å².